The first-order chi connectivity index (χ1) is 8.58. The SMILES string of the molecule is NC(Cc1ccccc1F)c1cc(Cl)ccc1F. The van der Waals surface area contributed by atoms with Crippen molar-refractivity contribution in [3.8, 4) is 0 Å². The molecule has 0 fully saturated rings. The molecular formula is C14H12ClF2N. The highest BCUT2D eigenvalue weighted by Crippen LogP contribution is 2.23. The van der Waals surface area contributed by atoms with Crippen molar-refractivity contribution in [2.45, 2.75) is 12.5 Å². The first-order valence-corrected chi connectivity index (χ1v) is 5.89. The van der Waals surface area contributed by atoms with Crippen LogP contribution in [-0.2, 0) is 6.42 Å². The zero-order valence-electron chi connectivity index (χ0n) is 9.54. The summed E-state index contributed by atoms with van der Waals surface area (Å²) >= 11 is 5.80. The molecule has 0 spiro atoms. The lowest BCUT2D eigenvalue weighted by Crippen LogP contribution is -2.15. The van der Waals surface area contributed by atoms with Crippen LogP contribution < -0.4 is 5.73 Å². The van der Waals surface area contributed by atoms with E-state index < -0.39 is 11.9 Å². The van der Waals surface area contributed by atoms with Crippen molar-refractivity contribution in [1.82, 2.24) is 0 Å². The van der Waals surface area contributed by atoms with Gasteiger partial charge in [-0.3, -0.25) is 0 Å². The summed E-state index contributed by atoms with van der Waals surface area (Å²) in [5, 5.41) is 0.412. The number of hydrogen-bond donors (Lipinski definition) is 1. The van der Waals surface area contributed by atoms with E-state index in [4.69, 9.17) is 17.3 Å². The predicted molar refractivity (Wildman–Crippen MR) is 68.4 cm³/mol. The highest BCUT2D eigenvalue weighted by atomic mass is 35.5. The summed E-state index contributed by atoms with van der Waals surface area (Å²) in [6.07, 6.45) is 0.226. The van der Waals surface area contributed by atoms with Crippen LogP contribution in [0.1, 0.15) is 17.2 Å². The first-order valence-electron chi connectivity index (χ1n) is 5.52. The van der Waals surface area contributed by atoms with E-state index in [1.807, 2.05) is 0 Å². The minimum atomic E-state index is -0.624. The summed E-state index contributed by atoms with van der Waals surface area (Å²) in [4.78, 5) is 0. The van der Waals surface area contributed by atoms with E-state index in [0.717, 1.165) is 0 Å². The largest absolute Gasteiger partial charge is 0.324 e. The molecule has 1 nitrogen and oxygen atoms in total. The third kappa shape index (κ3) is 2.86. The van der Waals surface area contributed by atoms with Gasteiger partial charge in [-0.2, -0.15) is 0 Å². The van der Waals surface area contributed by atoms with Gasteiger partial charge in [-0.05, 0) is 36.2 Å². The first kappa shape index (κ1) is 13.0. The van der Waals surface area contributed by atoms with Crippen molar-refractivity contribution in [2.75, 3.05) is 0 Å². The lowest BCUT2D eigenvalue weighted by molar-refractivity contribution is 0.563. The fraction of sp³-hybridized carbons (Fsp3) is 0.143. The number of benzene rings is 2. The summed E-state index contributed by atoms with van der Waals surface area (Å²) in [5.74, 6) is -0.765. The van der Waals surface area contributed by atoms with Crippen LogP contribution in [0.2, 0.25) is 5.02 Å². The van der Waals surface area contributed by atoms with Gasteiger partial charge in [-0.25, -0.2) is 8.78 Å². The van der Waals surface area contributed by atoms with Crippen molar-refractivity contribution in [1.29, 1.82) is 0 Å². The highest BCUT2D eigenvalue weighted by molar-refractivity contribution is 6.30. The second-order valence-corrected chi connectivity index (χ2v) is 4.50. The van der Waals surface area contributed by atoms with Crippen LogP contribution in [0.3, 0.4) is 0 Å². The van der Waals surface area contributed by atoms with E-state index in [-0.39, 0.29) is 12.2 Å². The molecule has 2 rings (SSSR count). The topological polar surface area (TPSA) is 26.0 Å². The lowest BCUT2D eigenvalue weighted by atomic mass is 9.99. The van der Waals surface area contributed by atoms with E-state index in [2.05, 4.69) is 0 Å². The van der Waals surface area contributed by atoms with Gasteiger partial charge in [0.05, 0.1) is 0 Å². The third-order valence-corrected chi connectivity index (χ3v) is 2.99. The zero-order chi connectivity index (χ0) is 13.1. The Balaban J connectivity index is 2.25. The van der Waals surface area contributed by atoms with Crippen LogP contribution in [0.15, 0.2) is 42.5 Å². The molecule has 18 heavy (non-hydrogen) atoms. The molecule has 0 aliphatic heterocycles. The number of rotatable bonds is 3. The molecule has 0 radical (unpaired) electrons. The maximum Gasteiger partial charge on any atom is 0.128 e. The summed E-state index contributed by atoms with van der Waals surface area (Å²) in [7, 11) is 0. The Morgan fingerprint density at radius 2 is 1.78 bits per heavy atom. The Hall–Kier alpha value is -1.45. The summed E-state index contributed by atoms with van der Waals surface area (Å²) < 4.78 is 27.1. The minimum absolute atomic E-state index is 0.226. The Morgan fingerprint density at radius 1 is 1.06 bits per heavy atom. The standard InChI is InChI=1S/C14H12ClF2N/c15-10-5-6-13(17)11(8-10)14(18)7-9-3-1-2-4-12(9)16/h1-6,8,14H,7,18H2. The van der Waals surface area contributed by atoms with Gasteiger partial charge in [0.1, 0.15) is 11.6 Å². The molecule has 1 unspecified atom stereocenters. The van der Waals surface area contributed by atoms with Crippen LogP contribution in [0.25, 0.3) is 0 Å². The molecule has 0 saturated heterocycles. The quantitative estimate of drug-likeness (QED) is 0.898. The molecule has 0 heterocycles. The van der Waals surface area contributed by atoms with Gasteiger partial charge < -0.3 is 5.73 Å². The van der Waals surface area contributed by atoms with Gasteiger partial charge in [0, 0.05) is 16.6 Å². The fourth-order valence-electron chi connectivity index (χ4n) is 1.81. The molecule has 0 saturated carbocycles. The molecule has 0 aliphatic carbocycles. The van der Waals surface area contributed by atoms with Gasteiger partial charge in [0.2, 0.25) is 0 Å². The molecule has 2 N–H and O–H groups in total. The number of nitrogens with two attached hydrogens (primary N) is 1. The summed E-state index contributed by atoms with van der Waals surface area (Å²) in [6.45, 7) is 0. The van der Waals surface area contributed by atoms with Gasteiger partial charge in [-0.15, -0.1) is 0 Å². The molecule has 0 bridgehead atoms. The maximum atomic E-state index is 13.6. The van der Waals surface area contributed by atoms with Gasteiger partial charge in [0.25, 0.3) is 0 Å². The van der Waals surface area contributed by atoms with Crippen molar-refractivity contribution in [3.63, 3.8) is 0 Å². The number of hydrogen-bond acceptors (Lipinski definition) is 1. The molecule has 94 valence electrons. The van der Waals surface area contributed by atoms with Crippen LogP contribution in [-0.4, -0.2) is 0 Å². The van der Waals surface area contributed by atoms with Crippen LogP contribution in [0, 0.1) is 11.6 Å². The third-order valence-electron chi connectivity index (χ3n) is 2.76. The van der Waals surface area contributed by atoms with Crippen LogP contribution in [0.4, 0.5) is 8.78 Å². The van der Waals surface area contributed by atoms with E-state index in [0.29, 0.717) is 16.1 Å². The lowest BCUT2D eigenvalue weighted by Gasteiger charge is -2.14. The molecule has 0 aliphatic rings. The Morgan fingerprint density at radius 3 is 2.50 bits per heavy atom. The average Bonchev–Trinajstić information content (AvgIpc) is 2.35. The Labute approximate surface area is 109 Å². The fourth-order valence-corrected chi connectivity index (χ4v) is 1.99. The molecule has 2 aromatic carbocycles. The highest BCUT2D eigenvalue weighted by Gasteiger charge is 2.14. The second kappa shape index (κ2) is 5.46. The molecule has 1 atom stereocenters. The van der Waals surface area contributed by atoms with Crippen molar-refractivity contribution < 1.29 is 8.78 Å². The average molecular weight is 268 g/mol. The minimum Gasteiger partial charge on any atom is -0.324 e. The zero-order valence-corrected chi connectivity index (χ0v) is 10.3. The van der Waals surface area contributed by atoms with Crippen molar-refractivity contribution in [2.24, 2.45) is 5.73 Å². The van der Waals surface area contributed by atoms with Crippen molar-refractivity contribution in [3.05, 3.63) is 70.2 Å². The van der Waals surface area contributed by atoms with Gasteiger partial charge >= 0.3 is 0 Å². The van der Waals surface area contributed by atoms with Gasteiger partial charge in [0.15, 0.2) is 0 Å². The van der Waals surface area contributed by atoms with Crippen LogP contribution >= 0.6 is 11.6 Å². The molecular weight excluding hydrogens is 256 g/mol. The Kier molecular flexibility index (Phi) is 3.94. The molecule has 2 aromatic rings. The van der Waals surface area contributed by atoms with E-state index in [1.54, 1.807) is 18.2 Å². The molecule has 4 heteroatoms. The normalized spacial score (nSPS) is 12.4. The molecule has 0 amide bonds. The maximum absolute atomic E-state index is 13.6. The monoisotopic (exact) mass is 267 g/mol. The van der Waals surface area contributed by atoms with E-state index >= 15 is 0 Å². The predicted octanol–water partition coefficient (Wildman–Crippen LogP) is 3.86. The molecule has 0 aromatic heterocycles. The van der Waals surface area contributed by atoms with Crippen LogP contribution in [0.5, 0.6) is 0 Å². The van der Waals surface area contributed by atoms with E-state index in [9.17, 15) is 8.78 Å². The smallest absolute Gasteiger partial charge is 0.128 e. The Bertz CT molecular complexity index is 557. The second-order valence-electron chi connectivity index (χ2n) is 4.07. The van der Waals surface area contributed by atoms with Crippen molar-refractivity contribution >= 4 is 11.6 Å². The number of halogens is 3. The summed E-state index contributed by atoms with van der Waals surface area (Å²) in [6, 6.07) is 9.88. The van der Waals surface area contributed by atoms with Gasteiger partial charge in [-0.1, -0.05) is 29.8 Å². The van der Waals surface area contributed by atoms with E-state index in [1.165, 1.54) is 24.3 Å². The summed E-state index contributed by atoms with van der Waals surface area (Å²) in [5.41, 5.74) is 6.66.